The zero-order valence-corrected chi connectivity index (χ0v) is 8.89. The molecule has 0 aliphatic carbocycles. The molecule has 0 saturated heterocycles. The maximum absolute atomic E-state index is 5.38. The summed E-state index contributed by atoms with van der Waals surface area (Å²) in [6.07, 6.45) is 5.92. The molecule has 2 nitrogen and oxygen atoms in total. The molecule has 13 heavy (non-hydrogen) atoms. The van der Waals surface area contributed by atoms with Crippen LogP contribution < -0.4 is 0 Å². The van der Waals surface area contributed by atoms with Crippen LogP contribution in [0.5, 0.6) is 0 Å². The molecule has 0 unspecified atom stereocenters. The lowest BCUT2D eigenvalue weighted by Gasteiger charge is -2.04. The third-order valence-corrected chi connectivity index (χ3v) is 1.80. The lowest BCUT2D eigenvalue weighted by atomic mass is 10.2. The van der Waals surface area contributed by atoms with Crippen molar-refractivity contribution in [2.24, 2.45) is 0 Å². The van der Waals surface area contributed by atoms with Crippen molar-refractivity contribution in [1.29, 1.82) is 0 Å². The summed E-state index contributed by atoms with van der Waals surface area (Å²) in [5.41, 5.74) is 0. The van der Waals surface area contributed by atoms with E-state index in [1.165, 1.54) is 25.7 Å². The smallest absolute Gasteiger partial charge is 0.0700 e. The Morgan fingerprint density at radius 2 is 1.54 bits per heavy atom. The van der Waals surface area contributed by atoms with Crippen LogP contribution in [0, 0.1) is 6.92 Å². The van der Waals surface area contributed by atoms with E-state index in [0.717, 1.165) is 26.2 Å². The van der Waals surface area contributed by atoms with E-state index in [2.05, 4.69) is 13.8 Å². The van der Waals surface area contributed by atoms with Crippen molar-refractivity contribution in [3.05, 3.63) is 6.92 Å². The molecule has 0 fully saturated rings. The lowest BCUT2D eigenvalue weighted by Crippen LogP contribution is -2.05. The van der Waals surface area contributed by atoms with Crippen molar-refractivity contribution in [2.45, 2.75) is 39.0 Å². The Labute approximate surface area is 82.6 Å². The molecule has 0 aromatic rings. The summed E-state index contributed by atoms with van der Waals surface area (Å²) < 4.78 is 10.6. The maximum atomic E-state index is 5.38. The van der Waals surface area contributed by atoms with Gasteiger partial charge in [-0.3, -0.25) is 0 Å². The summed E-state index contributed by atoms with van der Waals surface area (Å²) in [5.74, 6) is 0. The van der Waals surface area contributed by atoms with Gasteiger partial charge in [0.25, 0.3) is 0 Å². The van der Waals surface area contributed by atoms with Gasteiger partial charge in [0, 0.05) is 13.2 Å². The number of hydrogen-bond donors (Lipinski definition) is 0. The summed E-state index contributed by atoms with van der Waals surface area (Å²) in [7, 11) is 0. The fourth-order valence-electron chi connectivity index (χ4n) is 1.05. The lowest BCUT2D eigenvalue weighted by molar-refractivity contribution is 0.0478. The molecular formula is C11H23O2. The van der Waals surface area contributed by atoms with E-state index in [1.807, 2.05) is 0 Å². The first-order valence-corrected chi connectivity index (χ1v) is 5.36. The maximum Gasteiger partial charge on any atom is 0.0700 e. The van der Waals surface area contributed by atoms with Crippen molar-refractivity contribution in [2.75, 3.05) is 26.4 Å². The minimum absolute atomic E-state index is 0.712. The minimum atomic E-state index is 0.712. The fourth-order valence-corrected chi connectivity index (χ4v) is 1.05. The van der Waals surface area contributed by atoms with Crippen LogP contribution in [0.2, 0.25) is 0 Å². The Bertz CT molecular complexity index is 74.2. The SMILES string of the molecule is [CH2]CCOCCOCCCCCC. The van der Waals surface area contributed by atoms with Gasteiger partial charge in [-0.15, -0.1) is 0 Å². The van der Waals surface area contributed by atoms with Gasteiger partial charge in [0.1, 0.15) is 0 Å². The number of rotatable bonds is 10. The van der Waals surface area contributed by atoms with Gasteiger partial charge in [-0.1, -0.05) is 33.1 Å². The summed E-state index contributed by atoms with van der Waals surface area (Å²) >= 11 is 0. The molecule has 0 aromatic carbocycles. The van der Waals surface area contributed by atoms with Gasteiger partial charge in [0.2, 0.25) is 0 Å². The second-order valence-corrected chi connectivity index (χ2v) is 3.14. The Balaban J connectivity index is 2.76. The normalized spacial score (nSPS) is 10.6. The molecular weight excluding hydrogens is 164 g/mol. The quantitative estimate of drug-likeness (QED) is 0.490. The summed E-state index contributed by atoms with van der Waals surface area (Å²) in [6, 6.07) is 0. The summed E-state index contributed by atoms with van der Waals surface area (Å²) in [5, 5.41) is 0. The third kappa shape index (κ3) is 11.9. The predicted octanol–water partition coefficient (Wildman–Crippen LogP) is 2.82. The fraction of sp³-hybridized carbons (Fsp3) is 0.909. The van der Waals surface area contributed by atoms with E-state index in [0.29, 0.717) is 6.61 Å². The Hall–Kier alpha value is -0.0800. The first-order valence-electron chi connectivity index (χ1n) is 5.36. The second kappa shape index (κ2) is 11.9. The number of unbranched alkanes of at least 4 members (excludes halogenated alkanes) is 3. The van der Waals surface area contributed by atoms with E-state index in [9.17, 15) is 0 Å². The van der Waals surface area contributed by atoms with Crippen LogP contribution >= 0.6 is 0 Å². The van der Waals surface area contributed by atoms with Gasteiger partial charge in [0.15, 0.2) is 0 Å². The molecule has 0 rings (SSSR count). The molecule has 79 valence electrons. The Morgan fingerprint density at radius 1 is 0.846 bits per heavy atom. The Morgan fingerprint density at radius 3 is 2.15 bits per heavy atom. The highest BCUT2D eigenvalue weighted by Gasteiger charge is 1.89. The molecule has 1 radical (unpaired) electrons. The summed E-state index contributed by atoms with van der Waals surface area (Å²) in [4.78, 5) is 0. The standard InChI is InChI=1S/C11H23O2/c1-3-5-6-7-9-13-11-10-12-8-4-2/h2-11H2,1H3. The highest BCUT2D eigenvalue weighted by molar-refractivity contribution is 4.40. The molecule has 0 heterocycles. The van der Waals surface area contributed by atoms with Crippen molar-refractivity contribution >= 4 is 0 Å². The third-order valence-electron chi connectivity index (χ3n) is 1.80. The van der Waals surface area contributed by atoms with Crippen LogP contribution in [-0.2, 0) is 9.47 Å². The van der Waals surface area contributed by atoms with Crippen LogP contribution in [0.1, 0.15) is 39.0 Å². The van der Waals surface area contributed by atoms with Crippen LogP contribution in [0.4, 0.5) is 0 Å². The van der Waals surface area contributed by atoms with Crippen molar-refractivity contribution in [3.63, 3.8) is 0 Å². The van der Waals surface area contributed by atoms with E-state index in [1.54, 1.807) is 0 Å². The van der Waals surface area contributed by atoms with Gasteiger partial charge in [-0.25, -0.2) is 0 Å². The molecule has 0 aliphatic heterocycles. The highest BCUT2D eigenvalue weighted by Crippen LogP contribution is 1.98. The zero-order valence-electron chi connectivity index (χ0n) is 8.89. The molecule has 0 aromatic heterocycles. The monoisotopic (exact) mass is 187 g/mol. The van der Waals surface area contributed by atoms with Crippen molar-refractivity contribution in [3.8, 4) is 0 Å². The molecule has 0 atom stereocenters. The van der Waals surface area contributed by atoms with E-state index >= 15 is 0 Å². The average Bonchev–Trinajstić information content (AvgIpc) is 2.16. The van der Waals surface area contributed by atoms with Crippen molar-refractivity contribution in [1.82, 2.24) is 0 Å². The first kappa shape index (κ1) is 12.9. The molecule has 0 saturated carbocycles. The van der Waals surface area contributed by atoms with Crippen LogP contribution in [0.3, 0.4) is 0 Å². The molecule has 2 heteroatoms. The van der Waals surface area contributed by atoms with E-state index in [4.69, 9.17) is 9.47 Å². The topological polar surface area (TPSA) is 18.5 Å². The van der Waals surface area contributed by atoms with E-state index < -0.39 is 0 Å². The van der Waals surface area contributed by atoms with Gasteiger partial charge in [0.05, 0.1) is 13.2 Å². The average molecular weight is 187 g/mol. The second-order valence-electron chi connectivity index (χ2n) is 3.14. The van der Waals surface area contributed by atoms with Crippen LogP contribution in [0.15, 0.2) is 0 Å². The Kier molecular flexibility index (Phi) is 11.8. The van der Waals surface area contributed by atoms with Crippen LogP contribution in [0.25, 0.3) is 0 Å². The number of ether oxygens (including phenoxy) is 2. The largest absolute Gasteiger partial charge is 0.379 e. The molecule has 0 N–H and O–H groups in total. The minimum Gasteiger partial charge on any atom is -0.379 e. The predicted molar refractivity (Wildman–Crippen MR) is 55.8 cm³/mol. The van der Waals surface area contributed by atoms with Gasteiger partial charge >= 0.3 is 0 Å². The van der Waals surface area contributed by atoms with Gasteiger partial charge in [-0.2, -0.15) is 0 Å². The van der Waals surface area contributed by atoms with Gasteiger partial charge in [-0.05, 0) is 12.8 Å². The zero-order chi connectivity index (χ0) is 9.78. The molecule has 0 spiro atoms. The molecule has 0 bridgehead atoms. The first-order chi connectivity index (χ1) is 6.41. The molecule has 0 amide bonds. The molecule has 0 aliphatic rings. The number of hydrogen-bond acceptors (Lipinski definition) is 2. The highest BCUT2D eigenvalue weighted by atomic mass is 16.5. The van der Waals surface area contributed by atoms with Crippen LogP contribution in [-0.4, -0.2) is 26.4 Å². The van der Waals surface area contributed by atoms with Gasteiger partial charge < -0.3 is 9.47 Å². The summed E-state index contributed by atoms with van der Waals surface area (Å²) in [6.45, 7) is 8.98. The van der Waals surface area contributed by atoms with E-state index in [-0.39, 0.29) is 0 Å². The van der Waals surface area contributed by atoms with Crippen molar-refractivity contribution < 1.29 is 9.47 Å².